The van der Waals surface area contributed by atoms with Crippen LogP contribution in [0.5, 0.6) is 0 Å². The minimum absolute atomic E-state index is 0.0125. The van der Waals surface area contributed by atoms with Gasteiger partial charge in [-0.05, 0) is 93.4 Å². The fraction of sp³-hybridized carbons (Fsp3) is 0.206. The van der Waals surface area contributed by atoms with E-state index in [9.17, 15) is 23.9 Å². The van der Waals surface area contributed by atoms with E-state index in [4.69, 9.17) is 13.7 Å². The van der Waals surface area contributed by atoms with Gasteiger partial charge in [0.15, 0.2) is 5.76 Å². The highest BCUT2D eigenvalue weighted by Crippen LogP contribution is 2.27. The largest absolute Gasteiger partial charge is 0.480 e. The molecule has 2 heterocycles. The summed E-state index contributed by atoms with van der Waals surface area (Å²) in [5.41, 5.74) is 1.51. The minimum atomic E-state index is -1.41. The summed E-state index contributed by atoms with van der Waals surface area (Å²) >= 11 is 0. The lowest BCUT2D eigenvalue weighted by Gasteiger charge is -2.19. The van der Waals surface area contributed by atoms with Gasteiger partial charge in [0.05, 0.1) is 5.56 Å². The molecule has 0 saturated carbocycles. The van der Waals surface area contributed by atoms with Crippen LogP contribution in [0.2, 0.25) is 0 Å². The lowest BCUT2D eigenvalue weighted by atomic mass is 10.0. The standard InChI is InChI=1S/C34H30F2N4O7/c1-18-5-7-21(17-24(18)35)27-13-14-28(45-27)30(41)38-26(32(42)43)16-19-6-12-23(25(36)15-19)29-39-31(47-40-29)20-8-10-22(11-9-20)37-33(44)46-34(2,3)4/h5-15,17,26H,16H2,1-4H3,(H,37,44)(H,38,41)(H,42,43). The highest BCUT2D eigenvalue weighted by molar-refractivity contribution is 5.95. The Balaban J connectivity index is 1.23. The molecule has 0 saturated heterocycles. The van der Waals surface area contributed by atoms with Gasteiger partial charge in [-0.2, -0.15) is 4.98 Å². The molecule has 3 aromatic carbocycles. The Kier molecular flexibility index (Phi) is 9.17. The van der Waals surface area contributed by atoms with Crippen molar-refractivity contribution in [1.29, 1.82) is 0 Å². The average Bonchev–Trinajstić information content (AvgIpc) is 3.69. The number of hydrogen-bond donors (Lipinski definition) is 3. The number of furan rings is 1. The van der Waals surface area contributed by atoms with Gasteiger partial charge < -0.3 is 24.1 Å². The van der Waals surface area contributed by atoms with E-state index in [0.29, 0.717) is 22.4 Å². The molecule has 13 heteroatoms. The molecule has 11 nitrogen and oxygen atoms in total. The highest BCUT2D eigenvalue weighted by atomic mass is 19.1. The van der Waals surface area contributed by atoms with E-state index in [1.807, 2.05) is 0 Å². The smallest absolute Gasteiger partial charge is 0.412 e. The van der Waals surface area contributed by atoms with Crippen molar-refractivity contribution in [2.24, 2.45) is 0 Å². The summed E-state index contributed by atoms with van der Waals surface area (Å²) in [6, 6.07) is 16.4. The summed E-state index contributed by atoms with van der Waals surface area (Å²) in [5, 5.41) is 18.6. The topological polar surface area (TPSA) is 157 Å². The third-order valence-corrected chi connectivity index (χ3v) is 6.81. The van der Waals surface area contributed by atoms with E-state index >= 15 is 4.39 Å². The lowest BCUT2D eigenvalue weighted by Crippen LogP contribution is -2.42. The van der Waals surface area contributed by atoms with Gasteiger partial charge in [0.1, 0.15) is 29.0 Å². The number of ether oxygens (including phenoxy) is 1. The van der Waals surface area contributed by atoms with Crippen LogP contribution < -0.4 is 10.6 Å². The fourth-order valence-electron chi connectivity index (χ4n) is 4.46. The van der Waals surface area contributed by atoms with Gasteiger partial charge in [-0.25, -0.2) is 18.4 Å². The Morgan fingerprint density at radius 3 is 2.32 bits per heavy atom. The molecule has 0 radical (unpaired) electrons. The van der Waals surface area contributed by atoms with Crippen LogP contribution in [0.1, 0.15) is 42.5 Å². The van der Waals surface area contributed by atoms with Gasteiger partial charge in [-0.15, -0.1) is 0 Å². The Labute approximate surface area is 267 Å². The summed E-state index contributed by atoms with van der Waals surface area (Å²) < 4.78 is 45.2. The zero-order valence-electron chi connectivity index (χ0n) is 25.8. The molecule has 0 aliphatic rings. The van der Waals surface area contributed by atoms with Crippen LogP contribution in [0.3, 0.4) is 0 Å². The first-order valence-corrected chi connectivity index (χ1v) is 14.4. The predicted octanol–water partition coefficient (Wildman–Crippen LogP) is 7.02. The second kappa shape index (κ2) is 13.3. The molecule has 2 amide bonds. The number of aryl methyl sites for hydroxylation is 1. The van der Waals surface area contributed by atoms with Crippen molar-refractivity contribution < 1.29 is 41.9 Å². The molecule has 47 heavy (non-hydrogen) atoms. The molecule has 0 spiro atoms. The number of hydrogen-bond acceptors (Lipinski definition) is 8. The molecular formula is C34H30F2N4O7. The van der Waals surface area contributed by atoms with Crippen molar-refractivity contribution >= 4 is 23.7 Å². The van der Waals surface area contributed by atoms with Crippen molar-refractivity contribution in [1.82, 2.24) is 15.5 Å². The maximum Gasteiger partial charge on any atom is 0.412 e. The maximum atomic E-state index is 15.2. The number of carbonyl (C=O) groups excluding carboxylic acids is 2. The molecule has 0 fully saturated rings. The SMILES string of the molecule is Cc1ccc(-c2ccc(C(=O)NC(Cc3ccc(-c4noc(-c5ccc(NC(=O)OC(C)(C)C)cc5)n4)c(F)c3)C(=O)O)o2)cc1F. The number of aromatic nitrogens is 2. The van der Waals surface area contributed by atoms with Crippen LogP contribution in [0, 0.1) is 18.6 Å². The first-order chi connectivity index (χ1) is 22.3. The molecule has 5 rings (SSSR count). The van der Waals surface area contributed by atoms with Gasteiger partial charge in [0.2, 0.25) is 5.82 Å². The highest BCUT2D eigenvalue weighted by Gasteiger charge is 2.24. The number of nitrogens with one attached hydrogen (secondary N) is 2. The van der Waals surface area contributed by atoms with Crippen molar-refractivity contribution in [2.75, 3.05) is 5.32 Å². The van der Waals surface area contributed by atoms with E-state index < -0.39 is 41.2 Å². The maximum absolute atomic E-state index is 15.2. The first-order valence-electron chi connectivity index (χ1n) is 14.4. The lowest BCUT2D eigenvalue weighted by molar-refractivity contribution is -0.139. The molecule has 0 aliphatic heterocycles. The Morgan fingerprint density at radius 2 is 1.66 bits per heavy atom. The number of benzene rings is 3. The number of carbonyl (C=O) groups is 3. The van der Waals surface area contributed by atoms with Crippen LogP contribution in [0.4, 0.5) is 19.3 Å². The van der Waals surface area contributed by atoms with Crippen molar-refractivity contribution in [2.45, 2.75) is 45.8 Å². The summed E-state index contributed by atoms with van der Waals surface area (Å²) in [4.78, 5) is 41.0. The third-order valence-electron chi connectivity index (χ3n) is 6.81. The van der Waals surface area contributed by atoms with Gasteiger partial charge in [-0.1, -0.05) is 23.4 Å². The molecular weight excluding hydrogens is 614 g/mol. The minimum Gasteiger partial charge on any atom is -0.480 e. The van der Waals surface area contributed by atoms with Gasteiger partial charge >= 0.3 is 12.1 Å². The quantitative estimate of drug-likeness (QED) is 0.153. The van der Waals surface area contributed by atoms with Crippen LogP contribution in [-0.2, 0) is 16.0 Å². The summed E-state index contributed by atoms with van der Waals surface area (Å²) in [6.07, 6.45) is -0.846. The van der Waals surface area contributed by atoms with Crippen molar-refractivity contribution in [3.63, 3.8) is 0 Å². The van der Waals surface area contributed by atoms with E-state index in [1.165, 1.54) is 30.3 Å². The number of rotatable bonds is 9. The van der Waals surface area contributed by atoms with Crippen LogP contribution in [0.25, 0.3) is 34.2 Å². The number of carboxylic acid groups (broad SMARTS) is 1. The Bertz CT molecular complexity index is 1940. The average molecular weight is 645 g/mol. The molecule has 5 aromatic rings. The van der Waals surface area contributed by atoms with Gasteiger partial charge in [-0.3, -0.25) is 10.1 Å². The van der Waals surface area contributed by atoms with E-state index in [1.54, 1.807) is 64.1 Å². The van der Waals surface area contributed by atoms with Crippen molar-refractivity contribution in [3.8, 4) is 34.2 Å². The molecule has 2 aromatic heterocycles. The Morgan fingerprint density at radius 1 is 0.936 bits per heavy atom. The molecule has 3 N–H and O–H groups in total. The first kappa shape index (κ1) is 32.5. The molecule has 1 atom stereocenters. The number of halogens is 2. The number of carboxylic acids is 1. The van der Waals surface area contributed by atoms with Gasteiger partial charge in [0, 0.05) is 23.2 Å². The summed E-state index contributed by atoms with van der Waals surface area (Å²) in [7, 11) is 0. The fourth-order valence-corrected chi connectivity index (χ4v) is 4.46. The van der Waals surface area contributed by atoms with Crippen LogP contribution in [0.15, 0.2) is 81.7 Å². The zero-order valence-corrected chi connectivity index (χ0v) is 25.8. The van der Waals surface area contributed by atoms with Crippen molar-refractivity contribution in [3.05, 3.63) is 101 Å². The molecule has 1 unspecified atom stereocenters. The number of nitrogens with zero attached hydrogens (tertiary/aromatic N) is 2. The number of aliphatic carboxylic acids is 1. The summed E-state index contributed by atoms with van der Waals surface area (Å²) in [6.45, 7) is 6.88. The molecule has 242 valence electrons. The molecule has 0 aliphatic carbocycles. The van der Waals surface area contributed by atoms with E-state index in [2.05, 4.69) is 20.8 Å². The summed E-state index contributed by atoms with van der Waals surface area (Å²) in [5.74, 6) is -3.18. The second-order valence-corrected chi connectivity index (χ2v) is 11.6. The van der Waals surface area contributed by atoms with Gasteiger partial charge in [0.25, 0.3) is 11.8 Å². The van der Waals surface area contributed by atoms with Crippen LogP contribution >= 0.6 is 0 Å². The van der Waals surface area contributed by atoms with E-state index in [0.717, 1.165) is 6.07 Å². The molecule has 0 bridgehead atoms. The monoisotopic (exact) mass is 644 g/mol. The normalized spacial score (nSPS) is 12.0. The predicted molar refractivity (Wildman–Crippen MR) is 166 cm³/mol. The van der Waals surface area contributed by atoms with E-state index in [-0.39, 0.29) is 40.8 Å². The number of amides is 2. The van der Waals surface area contributed by atoms with Crippen LogP contribution in [-0.4, -0.2) is 44.9 Å². The second-order valence-electron chi connectivity index (χ2n) is 11.6. The zero-order chi connectivity index (χ0) is 33.9. The number of anilines is 1. The Hall–Kier alpha value is -5.85. The third kappa shape index (κ3) is 8.06.